The molecule has 0 aromatic carbocycles. The van der Waals surface area contributed by atoms with Crippen LogP contribution in [0.2, 0.25) is 0 Å². The molecule has 0 heterocycles. The highest BCUT2D eigenvalue weighted by Crippen LogP contribution is 2.33. The van der Waals surface area contributed by atoms with Crippen LogP contribution >= 0.6 is 0 Å². The lowest BCUT2D eigenvalue weighted by molar-refractivity contribution is 0.0165. The molecule has 0 spiro atoms. The lowest BCUT2D eigenvalue weighted by Gasteiger charge is -2.40. The molecule has 0 bridgehead atoms. The molecule has 0 aromatic rings. The van der Waals surface area contributed by atoms with Crippen molar-refractivity contribution in [2.45, 2.75) is 51.7 Å². The first kappa shape index (κ1) is 13.9. The number of hydrogen-bond donors (Lipinski definition) is 2. The molecular formula is C13H27NO2. The van der Waals surface area contributed by atoms with Gasteiger partial charge in [-0.1, -0.05) is 13.8 Å². The Kier molecular flexibility index (Phi) is 5.22. The fourth-order valence-electron chi connectivity index (χ4n) is 2.15. The molecule has 1 rings (SSSR count). The average Bonchev–Trinajstić information content (AvgIpc) is 2.11. The standard InChI is InChI=1S/C13H27NO2/c1-10(2)11-7-12(8-11)14-9-13(3,15)5-6-16-4/h10-12,14-15H,5-9H2,1-4H3. The molecule has 3 nitrogen and oxygen atoms in total. The minimum absolute atomic E-state index is 0.612. The fraction of sp³-hybridized carbons (Fsp3) is 1.00. The quantitative estimate of drug-likeness (QED) is 0.699. The Morgan fingerprint density at radius 2 is 2.06 bits per heavy atom. The maximum Gasteiger partial charge on any atom is 0.0765 e. The molecule has 0 aromatic heterocycles. The third-order valence-electron chi connectivity index (χ3n) is 3.73. The largest absolute Gasteiger partial charge is 0.389 e. The Morgan fingerprint density at radius 3 is 2.56 bits per heavy atom. The second-order valence-corrected chi connectivity index (χ2v) is 5.79. The topological polar surface area (TPSA) is 41.5 Å². The van der Waals surface area contributed by atoms with Gasteiger partial charge in [-0.15, -0.1) is 0 Å². The molecule has 1 atom stereocenters. The highest BCUT2D eigenvalue weighted by molar-refractivity contribution is 4.88. The van der Waals surface area contributed by atoms with Gasteiger partial charge in [-0.05, 0) is 31.6 Å². The normalized spacial score (nSPS) is 28.9. The summed E-state index contributed by atoms with van der Waals surface area (Å²) >= 11 is 0. The first-order valence-corrected chi connectivity index (χ1v) is 6.39. The summed E-state index contributed by atoms with van der Waals surface area (Å²) < 4.78 is 4.99. The summed E-state index contributed by atoms with van der Waals surface area (Å²) in [6.45, 7) is 7.74. The van der Waals surface area contributed by atoms with Crippen molar-refractivity contribution in [2.75, 3.05) is 20.3 Å². The molecule has 1 aliphatic carbocycles. The second-order valence-electron chi connectivity index (χ2n) is 5.79. The number of ether oxygens (including phenoxy) is 1. The van der Waals surface area contributed by atoms with Gasteiger partial charge in [-0.3, -0.25) is 0 Å². The molecule has 96 valence electrons. The summed E-state index contributed by atoms with van der Waals surface area (Å²) in [5, 5.41) is 13.5. The van der Waals surface area contributed by atoms with E-state index in [1.807, 2.05) is 6.92 Å². The van der Waals surface area contributed by atoms with Gasteiger partial charge in [0.05, 0.1) is 5.60 Å². The van der Waals surface area contributed by atoms with E-state index in [2.05, 4.69) is 19.2 Å². The highest BCUT2D eigenvalue weighted by Gasteiger charge is 2.32. The van der Waals surface area contributed by atoms with Crippen LogP contribution in [0.3, 0.4) is 0 Å². The number of hydrogen-bond acceptors (Lipinski definition) is 3. The van der Waals surface area contributed by atoms with Gasteiger partial charge in [0, 0.05) is 32.7 Å². The molecular weight excluding hydrogens is 202 g/mol. The number of aliphatic hydroxyl groups is 1. The van der Waals surface area contributed by atoms with E-state index in [0.29, 0.717) is 25.6 Å². The summed E-state index contributed by atoms with van der Waals surface area (Å²) in [5.74, 6) is 1.67. The molecule has 2 N–H and O–H groups in total. The zero-order valence-corrected chi connectivity index (χ0v) is 11.1. The van der Waals surface area contributed by atoms with Crippen molar-refractivity contribution < 1.29 is 9.84 Å². The highest BCUT2D eigenvalue weighted by atomic mass is 16.5. The van der Waals surface area contributed by atoms with Crippen molar-refractivity contribution in [2.24, 2.45) is 11.8 Å². The summed E-state index contributed by atoms with van der Waals surface area (Å²) in [5.41, 5.74) is -0.640. The van der Waals surface area contributed by atoms with E-state index in [1.165, 1.54) is 12.8 Å². The monoisotopic (exact) mass is 229 g/mol. The van der Waals surface area contributed by atoms with Gasteiger partial charge >= 0.3 is 0 Å². The van der Waals surface area contributed by atoms with Crippen LogP contribution in [0.25, 0.3) is 0 Å². The van der Waals surface area contributed by atoms with Crippen LogP contribution in [0.1, 0.15) is 40.0 Å². The average molecular weight is 229 g/mol. The van der Waals surface area contributed by atoms with Gasteiger partial charge in [-0.2, -0.15) is 0 Å². The Balaban J connectivity index is 2.11. The first-order chi connectivity index (χ1) is 7.44. The van der Waals surface area contributed by atoms with E-state index < -0.39 is 5.60 Å². The molecule has 16 heavy (non-hydrogen) atoms. The first-order valence-electron chi connectivity index (χ1n) is 6.39. The molecule has 0 amide bonds. The smallest absolute Gasteiger partial charge is 0.0765 e. The zero-order valence-electron chi connectivity index (χ0n) is 11.1. The summed E-state index contributed by atoms with van der Waals surface area (Å²) in [6, 6.07) is 0.612. The summed E-state index contributed by atoms with van der Waals surface area (Å²) in [6.07, 6.45) is 3.22. The maximum atomic E-state index is 10.0. The van der Waals surface area contributed by atoms with Gasteiger partial charge in [0.2, 0.25) is 0 Å². The van der Waals surface area contributed by atoms with Crippen molar-refractivity contribution in [1.29, 1.82) is 0 Å². The molecule has 1 aliphatic rings. The van der Waals surface area contributed by atoms with Gasteiger partial charge in [-0.25, -0.2) is 0 Å². The molecule has 1 saturated carbocycles. The van der Waals surface area contributed by atoms with Crippen LogP contribution in [-0.4, -0.2) is 37.0 Å². The molecule has 0 radical (unpaired) electrons. The van der Waals surface area contributed by atoms with E-state index in [9.17, 15) is 5.11 Å². The predicted molar refractivity (Wildman–Crippen MR) is 66.5 cm³/mol. The third-order valence-corrected chi connectivity index (χ3v) is 3.73. The van der Waals surface area contributed by atoms with Crippen LogP contribution in [0.5, 0.6) is 0 Å². The summed E-state index contributed by atoms with van der Waals surface area (Å²) in [7, 11) is 1.67. The lowest BCUT2D eigenvalue weighted by Crippen LogP contribution is -2.49. The SMILES string of the molecule is COCCC(C)(O)CNC1CC(C(C)C)C1. The molecule has 3 heteroatoms. The van der Waals surface area contributed by atoms with Crippen molar-refractivity contribution >= 4 is 0 Å². The zero-order chi connectivity index (χ0) is 12.2. The number of methoxy groups -OCH3 is 1. The van der Waals surface area contributed by atoms with Gasteiger partial charge in [0.15, 0.2) is 0 Å². The van der Waals surface area contributed by atoms with E-state index in [1.54, 1.807) is 7.11 Å². The van der Waals surface area contributed by atoms with Crippen molar-refractivity contribution in [3.8, 4) is 0 Å². The minimum atomic E-state index is -0.640. The Hall–Kier alpha value is -0.120. The van der Waals surface area contributed by atoms with Crippen LogP contribution in [-0.2, 0) is 4.74 Å². The Labute approximate surface area is 99.6 Å². The van der Waals surface area contributed by atoms with Crippen LogP contribution < -0.4 is 5.32 Å². The van der Waals surface area contributed by atoms with Gasteiger partial charge in [0.25, 0.3) is 0 Å². The van der Waals surface area contributed by atoms with Crippen LogP contribution in [0.15, 0.2) is 0 Å². The Morgan fingerprint density at radius 1 is 1.44 bits per heavy atom. The van der Waals surface area contributed by atoms with E-state index in [4.69, 9.17) is 4.74 Å². The van der Waals surface area contributed by atoms with E-state index in [0.717, 1.165) is 11.8 Å². The van der Waals surface area contributed by atoms with Gasteiger partial charge < -0.3 is 15.2 Å². The number of rotatable bonds is 7. The van der Waals surface area contributed by atoms with Crippen molar-refractivity contribution in [1.82, 2.24) is 5.32 Å². The second kappa shape index (κ2) is 5.99. The van der Waals surface area contributed by atoms with Crippen LogP contribution in [0.4, 0.5) is 0 Å². The van der Waals surface area contributed by atoms with Crippen LogP contribution in [0, 0.1) is 11.8 Å². The predicted octanol–water partition coefficient (Wildman–Crippen LogP) is 1.80. The Bertz CT molecular complexity index is 198. The van der Waals surface area contributed by atoms with E-state index >= 15 is 0 Å². The molecule has 1 unspecified atom stereocenters. The van der Waals surface area contributed by atoms with Crippen molar-refractivity contribution in [3.05, 3.63) is 0 Å². The third kappa shape index (κ3) is 4.40. The van der Waals surface area contributed by atoms with Gasteiger partial charge in [0.1, 0.15) is 0 Å². The minimum Gasteiger partial charge on any atom is -0.389 e. The van der Waals surface area contributed by atoms with Crippen molar-refractivity contribution in [3.63, 3.8) is 0 Å². The molecule has 1 fully saturated rings. The maximum absolute atomic E-state index is 10.0. The molecule has 0 aliphatic heterocycles. The fourth-order valence-corrected chi connectivity index (χ4v) is 2.15. The molecule has 0 saturated heterocycles. The summed E-state index contributed by atoms with van der Waals surface area (Å²) in [4.78, 5) is 0. The number of nitrogens with one attached hydrogen (secondary N) is 1. The van der Waals surface area contributed by atoms with E-state index in [-0.39, 0.29) is 0 Å². The lowest BCUT2D eigenvalue weighted by atomic mass is 9.73.